The molecule has 0 fully saturated rings. The third-order valence-corrected chi connectivity index (χ3v) is 4.64. The van der Waals surface area contributed by atoms with E-state index in [0.717, 1.165) is 23.2 Å². The molecule has 0 unspecified atom stereocenters. The first kappa shape index (κ1) is 17.2. The van der Waals surface area contributed by atoms with Gasteiger partial charge in [0.2, 0.25) is 0 Å². The average molecular weight is 337 g/mol. The number of carbonyl (C=O) groups is 2. The Morgan fingerprint density at radius 1 is 1.12 bits per heavy atom. The minimum atomic E-state index is -0.333. The van der Waals surface area contributed by atoms with Crippen LogP contribution in [0.1, 0.15) is 28.7 Å². The van der Waals surface area contributed by atoms with Crippen molar-refractivity contribution in [2.45, 2.75) is 33.1 Å². The number of benzene rings is 2. The van der Waals surface area contributed by atoms with E-state index in [0.29, 0.717) is 13.0 Å². The minimum absolute atomic E-state index is 0.162. The maximum Gasteiger partial charge on any atom is 0.306 e. The Labute approximate surface area is 148 Å². The molecule has 1 aliphatic heterocycles. The van der Waals surface area contributed by atoms with Crippen molar-refractivity contribution in [2.75, 3.05) is 18.1 Å². The summed E-state index contributed by atoms with van der Waals surface area (Å²) >= 11 is 0. The van der Waals surface area contributed by atoms with Crippen LogP contribution in [0.2, 0.25) is 0 Å². The zero-order chi connectivity index (χ0) is 17.8. The van der Waals surface area contributed by atoms with E-state index in [1.165, 1.54) is 11.1 Å². The smallest absolute Gasteiger partial charge is 0.306 e. The average Bonchev–Trinajstić information content (AvgIpc) is 3.03. The molecule has 0 spiro atoms. The van der Waals surface area contributed by atoms with Crippen molar-refractivity contribution >= 4 is 17.6 Å². The molecule has 0 atom stereocenters. The lowest BCUT2D eigenvalue weighted by Crippen LogP contribution is -2.33. The summed E-state index contributed by atoms with van der Waals surface area (Å²) in [4.78, 5) is 26.0. The highest BCUT2D eigenvalue weighted by molar-refractivity contribution is 5.97. The number of rotatable bonds is 5. The Morgan fingerprint density at radius 2 is 1.92 bits per heavy atom. The van der Waals surface area contributed by atoms with Crippen LogP contribution in [0.25, 0.3) is 0 Å². The van der Waals surface area contributed by atoms with Gasteiger partial charge in [0, 0.05) is 18.7 Å². The van der Waals surface area contributed by atoms with Gasteiger partial charge < -0.3 is 9.64 Å². The van der Waals surface area contributed by atoms with Crippen LogP contribution in [0.3, 0.4) is 0 Å². The number of esters is 1. The summed E-state index contributed by atoms with van der Waals surface area (Å²) in [7, 11) is 0. The first-order chi connectivity index (χ1) is 12.0. The van der Waals surface area contributed by atoms with E-state index in [1.54, 1.807) is 4.90 Å². The molecule has 0 aliphatic carbocycles. The molecule has 4 heteroatoms. The second-order valence-electron chi connectivity index (χ2n) is 6.51. The van der Waals surface area contributed by atoms with Gasteiger partial charge in [-0.1, -0.05) is 42.0 Å². The number of amides is 1. The molecule has 25 heavy (non-hydrogen) atoms. The summed E-state index contributed by atoms with van der Waals surface area (Å²) in [6.45, 7) is 4.55. The van der Waals surface area contributed by atoms with Crippen LogP contribution >= 0.6 is 0 Å². The van der Waals surface area contributed by atoms with E-state index in [2.05, 4.69) is 6.07 Å². The molecule has 4 nitrogen and oxygen atoms in total. The summed E-state index contributed by atoms with van der Waals surface area (Å²) in [5, 5.41) is 0. The van der Waals surface area contributed by atoms with Crippen molar-refractivity contribution in [1.82, 2.24) is 0 Å². The fraction of sp³-hybridized carbons (Fsp3) is 0.333. The van der Waals surface area contributed by atoms with Crippen LogP contribution in [-0.4, -0.2) is 25.0 Å². The standard InChI is InChI=1S/C21H23NO3/c1-15-7-8-17(16(2)13-15)9-10-21(24)25-14-20(23)22-12-11-18-5-3-4-6-19(18)22/h3-8,13H,9-12,14H2,1-2H3. The van der Waals surface area contributed by atoms with Crippen molar-refractivity contribution in [2.24, 2.45) is 0 Å². The highest BCUT2D eigenvalue weighted by Crippen LogP contribution is 2.27. The molecule has 130 valence electrons. The zero-order valence-corrected chi connectivity index (χ0v) is 14.7. The lowest BCUT2D eigenvalue weighted by atomic mass is 10.0. The van der Waals surface area contributed by atoms with Crippen LogP contribution in [0.4, 0.5) is 5.69 Å². The molecule has 1 heterocycles. The van der Waals surface area contributed by atoms with Crippen LogP contribution < -0.4 is 4.90 Å². The van der Waals surface area contributed by atoms with Crippen molar-refractivity contribution < 1.29 is 14.3 Å². The van der Waals surface area contributed by atoms with Crippen LogP contribution in [0.5, 0.6) is 0 Å². The number of fused-ring (bicyclic) bond motifs is 1. The molecule has 0 bridgehead atoms. The molecular weight excluding hydrogens is 314 g/mol. The number of anilines is 1. The first-order valence-corrected chi connectivity index (χ1v) is 8.64. The van der Waals surface area contributed by atoms with E-state index in [-0.39, 0.29) is 24.9 Å². The molecule has 0 aromatic heterocycles. The Kier molecular flexibility index (Phi) is 5.17. The molecule has 1 amide bonds. The largest absolute Gasteiger partial charge is 0.456 e. The monoisotopic (exact) mass is 337 g/mol. The van der Waals surface area contributed by atoms with E-state index in [1.807, 2.05) is 50.2 Å². The molecular formula is C21H23NO3. The maximum atomic E-state index is 12.3. The van der Waals surface area contributed by atoms with E-state index < -0.39 is 0 Å². The van der Waals surface area contributed by atoms with E-state index >= 15 is 0 Å². The van der Waals surface area contributed by atoms with Gasteiger partial charge in [-0.05, 0) is 49.4 Å². The second-order valence-corrected chi connectivity index (χ2v) is 6.51. The molecule has 1 aliphatic rings. The van der Waals surface area contributed by atoms with Gasteiger partial charge in [0.05, 0.1) is 0 Å². The number of nitrogens with zero attached hydrogens (tertiary/aromatic N) is 1. The molecule has 2 aromatic rings. The van der Waals surface area contributed by atoms with Gasteiger partial charge in [-0.25, -0.2) is 0 Å². The SMILES string of the molecule is Cc1ccc(CCC(=O)OCC(=O)N2CCc3ccccc32)c(C)c1. The first-order valence-electron chi connectivity index (χ1n) is 8.64. The van der Waals surface area contributed by atoms with Crippen molar-refractivity contribution in [3.63, 3.8) is 0 Å². The van der Waals surface area contributed by atoms with Gasteiger partial charge in [-0.3, -0.25) is 9.59 Å². The normalized spacial score (nSPS) is 12.8. The number of hydrogen-bond donors (Lipinski definition) is 0. The van der Waals surface area contributed by atoms with Crippen LogP contribution in [0.15, 0.2) is 42.5 Å². The fourth-order valence-electron chi connectivity index (χ4n) is 3.25. The lowest BCUT2D eigenvalue weighted by Gasteiger charge is -2.17. The van der Waals surface area contributed by atoms with Crippen molar-refractivity contribution in [3.8, 4) is 0 Å². The highest BCUT2D eigenvalue weighted by Gasteiger charge is 2.24. The number of aryl methyl sites for hydroxylation is 3. The Balaban J connectivity index is 1.48. The Hall–Kier alpha value is -2.62. The fourth-order valence-corrected chi connectivity index (χ4v) is 3.25. The number of hydrogen-bond acceptors (Lipinski definition) is 3. The lowest BCUT2D eigenvalue weighted by molar-refractivity contribution is -0.147. The minimum Gasteiger partial charge on any atom is -0.456 e. The van der Waals surface area contributed by atoms with Gasteiger partial charge in [-0.15, -0.1) is 0 Å². The summed E-state index contributed by atoms with van der Waals surface area (Å²) in [5.41, 5.74) is 5.62. The summed E-state index contributed by atoms with van der Waals surface area (Å²) in [6, 6.07) is 14.0. The van der Waals surface area contributed by atoms with Crippen molar-refractivity contribution in [3.05, 3.63) is 64.7 Å². The predicted octanol–water partition coefficient (Wildman–Crippen LogP) is 3.37. The van der Waals surface area contributed by atoms with E-state index in [9.17, 15) is 9.59 Å². The number of carbonyl (C=O) groups excluding carboxylic acids is 2. The molecule has 0 N–H and O–H groups in total. The maximum absolute atomic E-state index is 12.3. The van der Waals surface area contributed by atoms with Gasteiger partial charge in [0.15, 0.2) is 6.61 Å². The summed E-state index contributed by atoms with van der Waals surface area (Å²) < 4.78 is 5.19. The van der Waals surface area contributed by atoms with Gasteiger partial charge in [0.1, 0.15) is 0 Å². The Bertz CT molecular complexity index is 797. The van der Waals surface area contributed by atoms with Crippen LogP contribution in [-0.2, 0) is 27.2 Å². The quantitative estimate of drug-likeness (QED) is 0.786. The molecule has 0 radical (unpaired) electrons. The molecule has 0 saturated carbocycles. The van der Waals surface area contributed by atoms with Crippen molar-refractivity contribution in [1.29, 1.82) is 0 Å². The van der Waals surface area contributed by atoms with Gasteiger partial charge in [0.25, 0.3) is 5.91 Å². The highest BCUT2D eigenvalue weighted by atomic mass is 16.5. The molecule has 2 aromatic carbocycles. The zero-order valence-electron chi connectivity index (χ0n) is 14.7. The van der Waals surface area contributed by atoms with Gasteiger partial charge >= 0.3 is 5.97 Å². The van der Waals surface area contributed by atoms with Gasteiger partial charge in [-0.2, -0.15) is 0 Å². The number of ether oxygens (including phenoxy) is 1. The second kappa shape index (κ2) is 7.51. The van der Waals surface area contributed by atoms with E-state index in [4.69, 9.17) is 4.74 Å². The number of para-hydroxylation sites is 1. The summed E-state index contributed by atoms with van der Waals surface area (Å²) in [5.74, 6) is -0.495. The third kappa shape index (κ3) is 4.08. The third-order valence-electron chi connectivity index (χ3n) is 4.64. The molecule has 3 rings (SSSR count). The van der Waals surface area contributed by atoms with Crippen LogP contribution in [0, 0.1) is 13.8 Å². The summed E-state index contributed by atoms with van der Waals surface area (Å²) in [6.07, 6.45) is 1.77. The Morgan fingerprint density at radius 3 is 2.72 bits per heavy atom. The molecule has 0 saturated heterocycles. The topological polar surface area (TPSA) is 46.6 Å². The predicted molar refractivity (Wildman–Crippen MR) is 97.7 cm³/mol.